The van der Waals surface area contributed by atoms with Crippen LogP contribution in [-0.4, -0.2) is 5.11 Å². The molecule has 3 heteroatoms. The van der Waals surface area contributed by atoms with Gasteiger partial charge in [0.2, 0.25) is 0 Å². The van der Waals surface area contributed by atoms with E-state index in [1.165, 1.54) is 6.07 Å². The molecule has 2 aromatic rings. The molecular formula is C10H6BrFO. The van der Waals surface area contributed by atoms with Crippen LogP contribution in [0, 0.1) is 5.82 Å². The minimum absolute atomic E-state index is 0.0457. The number of aromatic hydroxyl groups is 1. The number of phenols is 1. The van der Waals surface area contributed by atoms with Gasteiger partial charge in [0.25, 0.3) is 0 Å². The molecular weight excluding hydrogens is 235 g/mol. The molecule has 0 aliphatic heterocycles. The quantitative estimate of drug-likeness (QED) is 0.748. The highest BCUT2D eigenvalue weighted by atomic mass is 79.9. The van der Waals surface area contributed by atoms with E-state index >= 15 is 0 Å². The van der Waals surface area contributed by atoms with E-state index in [9.17, 15) is 9.50 Å². The Hall–Kier alpha value is -1.09. The predicted molar refractivity (Wildman–Crippen MR) is 53.3 cm³/mol. The fourth-order valence-electron chi connectivity index (χ4n) is 1.27. The molecule has 0 amide bonds. The summed E-state index contributed by atoms with van der Waals surface area (Å²) in [5.74, 6) is -0.494. The molecule has 0 heterocycles. The minimum Gasteiger partial charge on any atom is -0.506 e. The third-order valence-corrected chi connectivity index (χ3v) is 2.67. The molecule has 0 saturated heterocycles. The van der Waals surface area contributed by atoms with Crippen molar-refractivity contribution in [1.29, 1.82) is 0 Å². The van der Waals surface area contributed by atoms with Crippen molar-refractivity contribution in [2.24, 2.45) is 0 Å². The van der Waals surface area contributed by atoms with Crippen LogP contribution in [0.25, 0.3) is 10.8 Å². The fraction of sp³-hybridized carbons (Fsp3) is 0. The van der Waals surface area contributed by atoms with Gasteiger partial charge in [0.1, 0.15) is 11.6 Å². The van der Waals surface area contributed by atoms with E-state index in [1.54, 1.807) is 24.3 Å². The lowest BCUT2D eigenvalue weighted by Crippen LogP contribution is -1.81. The Balaban J connectivity index is 2.94. The van der Waals surface area contributed by atoms with Gasteiger partial charge in [0.05, 0.1) is 4.47 Å². The first kappa shape index (κ1) is 8.51. The molecule has 0 radical (unpaired) electrons. The molecule has 0 aliphatic rings. The van der Waals surface area contributed by atoms with Crippen molar-refractivity contribution >= 4 is 26.7 Å². The molecule has 1 nitrogen and oxygen atoms in total. The van der Waals surface area contributed by atoms with E-state index in [4.69, 9.17) is 0 Å². The SMILES string of the molecule is Oc1c(Br)c(F)cc2ccccc12. The minimum atomic E-state index is -0.448. The first-order valence-corrected chi connectivity index (χ1v) is 4.55. The molecule has 1 N–H and O–H groups in total. The van der Waals surface area contributed by atoms with Gasteiger partial charge in [-0.1, -0.05) is 24.3 Å². The van der Waals surface area contributed by atoms with E-state index in [-0.39, 0.29) is 10.2 Å². The Kier molecular flexibility index (Phi) is 1.96. The largest absolute Gasteiger partial charge is 0.506 e. The maximum atomic E-state index is 13.1. The third-order valence-electron chi connectivity index (χ3n) is 1.92. The molecule has 0 aromatic heterocycles. The summed E-state index contributed by atoms with van der Waals surface area (Å²) in [6, 6.07) is 8.49. The molecule has 0 unspecified atom stereocenters. The smallest absolute Gasteiger partial charge is 0.141 e. The number of phenolic OH excluding ortho intramolecular Hbond substituents is 1. The summed E-state index contributed by atoms with van der Waals surface area (Å²) in [5.41, 5.74) is 0. The van der Waals surface area contributed by atoms with Crippen LogP contribution in [0.3, 0.4) is 0 Å². The number of fused-ring (bicyclic) bond motifs is 1. The van der Waals surface area contributed by atoms with Crippen LogP contribution in [0.1, 0.15) is 0 Å². The maximum absolute atomic E-state index is 13.1. The number of rotatable bonds is 0. The third kappa shape index (κ3) is 1.29. The second-order valence-corrected chi connectivity index (χ2v) is 3.54. The Morgan fingerprint density at radius 3 is 2.69 bits per heavy atom. The van der Waals surface area contributed by atoms with Gasteiger partial charge in [-0.25, -0.2) is 4.39 Å². The summed E-state index contributed by atoms with van der Waals surface area (Å²) >= 11 is 2.98. The van der Waals surface area contributed by atoms with Crippen LogP contribution in [0.15, 0.2) is 34.8 Å². The summed E-state index contributed by atoms with van der Waals surface area (Å²) in [5, 5.41) is 10.9. The van der Waals surface area contributed by atoms with E-state index in [0.29, 0.717) is 10.8 Å². The average molecular weight is 241 g/mol. The van der Waals surface area contributed by atoms with Gasteiger partial charge < -0.3 is 5.11 Å². The fourth-order valence-corrected chi connectivity index (χ4v) is 1.60. The van der Waals surface area contributed by atoms with Crippen molar-refractivity contribution in [3.8, 4) is 5.75 Å². The molecule has 0 saturated carbocycles. The molecule has 0 atom stereocenters. The lowest BCUT2D eigenvalue weighted by Gasteiger charge is -2.03. The van der Waals surface area contributed by atoms with Gasteiger partial charge in [0, 0.05) is 5.39 Å². The molecule has 0 bridgehead atoms. The highest BCUT2D eigenvalue weighted by Crippen LogP contribution is 2.34. The predicted octanol–water partition coefficient (Wildman–Crippen LogP) is 3.45. The normalized spacial score (nSPS) is 10.6. The van der Waals surface area contributed by atoms with Crippen LogP contribution in [0.5, 0.6) is 5.75 Å². The molecule has 0 spiro atoms. The number of hydrogen-bond acceptors (Lipinski definition) is 1. The zero-order chi connectivity index (χ0) is 9.42. The van der Waals surface area contributed by atoms with Crippen LogP contribution >= 0.6 is 15.9 Å². The highest BCUT2D eigenvalue weighted by Gasteiger charge is 2.08. The summed E-state index contributed by atoms with van der Waals surface area (Å²) in [6.45, 7) is 0. The average Bonchev–Trinajstić information content (AvgIpc) is 2.15. The summed E-state index contributed by atoms with van der Waals surface area (Å²) in [7, 11) is 0. The molecule has 0 aliphatic carbocycles. The van der Waals surface area contributed by atoms with Crippen molar-refractivity contribution in [3.05, 3.63) is 40.6 Å². The first-order chi connectivity index (χ1) is 6.20. The Labute approximate surface area is 82.9 Å². The van der Waals surface area contributed by atoms with Crippen molar-refractivity contribution in [2.75, 3.05) is 0 Å². The maximum Gasteiger partial charge on any atom is 0.141 e. The van der Waals surface area contributed by atoms with Crippen LogP contribution in [0.2, 0.25) is 0 Å². The second kappa shape index (κ2) is 3.00. The van der Waals surface area contributed by atoms with Gasteiger partial charge in [-0.15, -0.1) is 0 Å². The summed E-state index contributed by atoms with van der Waals surface area (Å²) in [6.07, 6.45) is 0. The van der Waals surface area contributed by atoms with Gasteiger partial charge in [-0.3, -0.25) is 0 Å². The van der Waals surface area contributed by atoms with Crippen molar-refractivity contribution < 1.29 is 9.50 Å². The molecule has 2 rings (SSSR count). The standard InChI is InChI=1S/C10H6BrFO/c11-9-8(12)5-6-3-1-2-4-7(6)10(9)13/h1-5,13H. The van der Waals surface area contributed by atoms with Crippen LogP contribution < -0.4 is 0 Å². The van der Waals surface area contributed by atoms with Gasteiger partial charge in [-0.2, -0.15) is 0 Å². The zero-order valence-electron chi connectivity index (χ0n) is 6.59. The highest BCUT2D eigenvalue weighted by molar-refractivity contribution is 9.10. The molecule has 13 heavy (non-hydrogen) atoms. The molecule has 0 fully saturated rings. The topological polar surface area (TPSA) is 20.2 Å². The Morgan fingerprint density at radius 2 is 1.92 bits per heavy atom. The van der Waals surface area contributed by atoms with Gasteiger partial charge >= 0.3 is 0 Å². The summed E-state index contributed by atoms with van der Waals surface area (Å²) < 4.78 is 13.2. The van der Waals surface area contributed by atoms with E-state index in [2.05, 4.69) is 15.9 Å². The van der Waals surface area contributed by atoms with Gasteiger partial charge in [-0.05, 0) is 27.4 Å². The Bertz CT molecular complexity index is 468. The van der Waals surface area contributed by atoms with E-state index in [1.807, 2.05) is 0 Å². The number of hydrogen-bond donors (Lipinski definition) is 1. The van der Waals surface area contributed by atoms with E-state index < -0.39 is 5.82 Å². The number of benzene rings is 2. The zero-order valence-corrected chi connectivity index (χ0v) is 8.18. The monoisotopic (exact) mass is 240 g/mol. The van der Waals surface area contributed by atoms with Crippen molar-refractivity contribution in [2.45, 2.75) is 0 Å². The van der Waals surface area contributed by atoms with Gasteiger partial charge in [0.15, 0.2) is 0 Å². The lowest BCUT2D eigenvalue weighted by molar-refractivity contribution is 0.471. The van der Waals surface area contributed by atoms with Crippen molar-refractivity contribution in [3.63, 3.8) is 0 Å². The first-order valence-electron chi connectivity index (χ1n) is 3.76. The van der Waals surface area contributed by atoms with E-state index in [0.717, 1.165) is 0 Å². The van der Waals surface area contributed by atoms with Crippen LogP contribution in [-0.2, 0) is 0 Å². The molecule has 2 aromatic carbocycles. The summed E-state index contributed by atoms with van der Waals surface area (Å²) in [4.78, 5) is 0. The second-order valence-electron chi connectivity index (χ2n) is 2.74. The Morgan fingerprint density at radius 1 is 1.23 bits per heavy atom. The molecule has 66 valence electrons. The lowest BCUT2D eigenvalue weighted by atomic mass is 10.1. The number of halogens is 2. The van der Waals surface area contributed by atoms with Crippen molar-refractivity contribution in [1.82, 2.24) is 0 Å². The van der Waals surface area contributed by atoms with Crippen LogP contribution in [0.4, 0.5) is 4.39 Å².